The average Bonchev–Trinajstić information content (AvgIpc) is 2.30. The molecule has 0 fully saturated rings. The summed E-state index contributed by atoms with van der Waals surface area (Å²) in [5.74, 6) is -3.23. The van der Waals surface area contributed by atoms with Crippen molar-refractivity contribution in [1.82, 2.24) is 5.32 Å². The van der Waals surface area contributed by atoms with Gasteiger partial charge in [-0.3, -0.25) is 9.59 Å². The summed E-state index contributed by atoms with van der Waals surface area (Å²) in [6.07, 6.45) is -0.234. The summed E-state index contributed by atoms with van der Waals surface area (Å²) in [7, 11) is 0. The van der Waals surface area contributed by atoms with Crippen molar-refractivity contribution in [3.63, 3.8) is 0 Å². The molecule has 0 aromatic heterocycles. The predicted octanol–water partition coefficient (Wildman–Crippen LogP) is -1.57. The van der Waals surface area contributed by atoms with Crippen molar-refractivity contribution in [2.45, 2.75) is 24.9 Å². The zero-order valence-corrected chi connectivity index (χ0v) is 10.4. The number of hydrogen-bond acceptors (Lipinski definition) is 6. The van der Waals surface area contributed by atoms with Gasteiger partial charge in [0.2, 0.25) is 5.91 Å². The van der Waals surface area contributed by atoms with E-state index in [1.807, 2.05) is 0 Å². The molecule has 0 rings (SSSR count). The molecule has 0 saturated carbocycles. The Bertz CT molecular complexity index is 311. The summed E-state index contributed by atoms with van der Waals surface area (Å²) in [5, 5.41) is 28.1. The van der Waals surface area contributed by atoms with Crippen LogP contribution in [0.15, 0.2) is 0 Å². The fourth-order valence-corrected chi connectivity index (χ4v) is 1.59. The van der Waals surface area contributed by atoms with Crippen molar-refractivity contribution < 1.29 is 29.7 Å². The van der Waals surface area contributed by atoms with Crippen LogP contribution < -0.4 is 11.1 Å². The number of hydrogen-bond donors (Lipinski definition) is 5. The number of carbonyl (C=O) groups excluding carboxylic acids is 1. The lowest BCUT2D eigenvalue weighted by molar-refractivity contribution is -0.141. The highest BCUT2D eigenvalue weighted by molar-refractivity contribution is 7.99. The minimum atomic E-state index is -1.22. The molecule has 6 N–H and O–H groups in total. The first kappa shape index (κ1) is 16.7. The van der Waals surface area contributed by atoms with Crippen LogP contribution in [0.3, 0.4) is 0 Å². The molecule has 104 valence electrons. The van der Waals surface area contributed by atoms with Gasteiger partial charge in [-0.15, -0.1) is 11.8 Å². The van der Waals surface area contributed by atoms with Gasteiger partial charge in [-0.25, -0.2) is 4.79 Å². The summed E-state index contributed by atoms with van der Waals surface area (Å²) in [5.41, 5.74) is 5.20. The number of aliphatic carboxylic acids is 2. The number of aliphatic hydroxyl groups is 1. The van der Waals surface area contributed by atoms with Gasteiger partial charge in [0.05, 0.1) is 5.94 Å². The Labute approximate surface area is 108 Å². The molecule has 0 unspecified atom stereocenters. The van der Waals surface area contributed by atoms with Crippen LogP contribution in [-0.2, 0) is 14.4 Å². The highest BCUT2D eigenvalue weighted by atomic mass is 32.2. The largest absolute Gasteiger partial charge is 0.480 e. The van der Waals surface area contributed by atoms with Crippen molar-refractivity contribution in [3.8, 4) is 0 Å². The molecule has 0 radical (unpaired) electrons. The highest BCUT2D eigenvalue weighted by Gasteiger charge is 2.20. The van der Waals surface area contributed by atoms with Gasteiger partial charge >= 0.3 is 11.9 Å². The molecule has 0 aromatic rings. The summed E-state index contributed by atoms with van der Waals surface area (Å²) in [4.78, 5) is 32.5. The Balaban J connectivity index is 4.09. The molecule has 8 nitrogen and oxygen atoms in total. The first-order valence-electron chi connectivity index (χ1n) is 5.07. The zero-order valence-electron chi connectivity index (χ0n) is 9.54. The van der Waals surface area contributed by atoms with Crippen molar-refractivity contribution in [3.05, 3.63) is 0 Å². The number of amides is 1. The molecular weight excluding hydrogens is 264 g/mol. The molecule has 0 heterocycles. The van der Waals surface area contributed by atoms with E-state index in [2.05, 4.69) is 5.32 Å². The van der Waals surface area contributed by atoms with Crippen LogP contribution >= 0.6 is 11.8 Å². The monoisotopic (exact) mass is 280 g/mol. The van der Waals surface area contributed by atoms with Gasteiger partial charge in [-0.05, 0) is 6.42 Å². The number of nitrogens with two attached hydrogens (primary N) is 1. The first-order valence-corrected chi connectivity index (χ1v) is 6.23. The van der Waals surface area contributed by atoms with Crippen molar-refractivity contribution in [2.24, 2.45) is 5.73 Å². The molecule has 2 atom stereocenters. The summed E-state index contributed by atoms with van der Waals surface area (Å²) < 4.78 is 0. The predicted molar refractivity (Wildman–Crippen MR) is 64.0 cm³/mol. The second kappa shape index (κ2) is 8.72. The fourth-order valence-electron chi connectivity index (χ4n) is 1.02. The number of rotatable bonds is 9. The normalized spacial score (nSPS) is 13.7. The van der Waals surface area contributed by atoms with Gasteiger partial charge in [0, 0.05) is 12.2 Å². The van der Waals surface area contributed by atoms with Gasteiger partial charge in [0.25, 0.3) is 0 Å². The van der Waals surface area contributed by atoms with Crippen LogP contribution in [0, 0.1) is 0 Å². The number of nitrogens with one attached hydrogen (secondary N) is 1. The second-order valence-electron chi connectivity index (χ2n) is 3.44. The van der Waals surface area contributed by atoms with Crippen molar-refractivity contribution in [2.75, 3.05) is 11.7 Å². The first-order chi connectivity index (χ1) is 8.38. The Morgan fingerprint density at radius 1 is 1.22 bits per heavy atom. The molecule has 0 aliphatic rings. The van der Waals surface area contributed by atoms with E-state index in [1.165, 1.54) is 0 Å². The average molecular weight is 280 g/mol. The van der Waals surface area contributed by atoms with E-state index in [4.69, 9.17) is 21.1 Å². The van der Waals surface area contributed by atoms with E-state index in [9.17, 15) is 14.4 Å². The lowest BCUT2D eigenvalue weighted by atomic mass is 10.1. The topological polar surface area (TPSA) is 150 Å². The molecule has 0 aliphatic carbocycles. The van der Waals surface area contributed by atoms with E-state index in [0.717, 1.165) is 11.8 Å². The number of aliphatic hydroxyl groups excluding tert-OH is 1. The fraction of sp³-hybridized carbons (Fsp3) is 0.667. The Morgan fingerprint density at radius 2 is 1.83 bits per heavy atom. The number of carboxylic acid groups (broad SMARTS) is 2. The smallest absolute Gasteiger partial charge is 0.327 e. The molecule has 18 heavy (non-hydrogen) atoms. The van der Waals surface area contributed by atoms with Crippen molar-refractivity contribution in [1.29, 1.82) is 0 Å². The molecule has 0 aromatic carbocycles. The maximum atomic E-state index is 11.4. The van der Waals surface area contributed by atoms with E-state index < -0.39 is 29.9 Å². The van der Waals surface area contributed by atoms with E-state index in [0.29, 0.717) is 0 Å². The maximum Gasteiger partial charge on any atom is 0.327 e. The number of carbonyl (C=O) groups is 3. The van der Waals surface area contributed by atoms with Crippen LogP contribution in [0.25, 0.3) is 0 Å². The second-order valence-corrected chi connectivity index (χ2v) is 4.44. The van der Waals surface area contributed by atoms with Gasteiger partial charge in [-0.2, -0.15) is 0 Å². The Kier molecular flexibility index (Phi) is 8.08. The lowest BCUT2D eigenvalue weighted by Crippen LogP contribution is -2.43. The standard InChI is InChI=1S/C9H16N2O6S/c10-5(8(14)15)1-2-7(13)11-6(9(16)17)3-18-4-12/h5-6,12H,1-4,10H2,(H,11,13)(H,14,15)(H,16,17)/t5-,6-/m0/s1. The Morgan fingerprint density at radius 3 is 2.28 bits per heavy atom. The van der Waals surface area contributed by atoms with Crippen LogP contribution in [0.4, 0.5) is 0 Å². The third-order valence-electron chi connectivity index (χ3n) is 2.01. The van der Waals surface area contributed by atoms with Crippen molar-refractivity contribution >= 4 is 29.6 Å². The molecule has 0 saturated heterocycles. The summed E-state index contributed by atoms with van der Waals surface area (Å²) in [6.45, 7) is 0. The van der Waals surface area contributed by atoms with Crippen LogP contribution in [0.5, 0.6) is 0 Å². The third-order valence-corrected chi connectivity index (χ3v) is 2.76. The molecule has 1 amide bonds. The SMILES string of the molecule is N[C@@H](CCC(=O)N[C@@H](CSCO)C(=O)O)C(=O)O. The maximum absolute atomic E-state index is 11.4. The van der Waals surface area contributed by atoms with Gasteiger partial charge in [0.15, 0.2) is 0 Å². The van der Waals surface area contributed by atoms with Crippen LogP contribution in [-0.4, -0.2) is 56.9 Å². The van der Waals surface area contributed by atoms with Crippen LogP contribution in [0.2, 0.25) is 0 Å². The van der Waals surface area contributed by atoms with Gasteiger partial charge in [0.1, 0.15) is 12.1 Å². The van der Waals surface area contributed by atoms with Gasteiger partial charge in [-0.1, -0.05) is 0 Å². The van der Waals surface area contributed by atoms with Crippen LogP contribution in [0.1, 0.15) is 12.8 Å². The lowest BCUT2D eigenvalue weighted by Gasteiger charge is -2.14. The molecular formula is C9H16N2O6S. The quantitative estimate of drug-likeness (QED) is 0.318. The van der Waals surface area contributed by atoms with Gasteiger partial charge < -0.3 is 26.4 Å². The Hall–Kier alpha value is -1.32. The summed E-state index contributed by atoms with van der Waals surface area (Å²) >= 11 is 0.957. The molecule has 9 heteroatoms. The number of carboxylic acids is 2. The summed E-state index contributed by atoms with van der Waals surface area (Å²) in [6, 6.07) is -2.26. The third kappa shape index (κ3) is 7.09. The molecule has 0 bridgehead atoms. The van der Waals surface area contributed by atoms with E-state index in [1.54, 1.807) is 0 Å². The zero-order chi connectivity index (χ0) is 14.1. The highest BCUT2D eigenvalue weighted by Crippen LogP contribution is 2.02. The van der Waals surface area contributed by atoms with E-state index >= 15 is 0 Å². The molecule has 0 aliphatic heterocycles. The molecule has 0 spiro atoms. The van der Waals surface area contributed by atoms with E-state index in [-0.39, 0.29) is 24.5 Å². The minimum Gasteiger partial charge on any atom is -0.480 e. The number of thioether (sulfide) groups is 1. The minimum absolute atomic E-state index is 0.0303.